The van der Waals surface area contributed by atoms with Crippen molar-refractivity contribution in [1.29, 1.82) is 0 Å². The number of hydrogen-bond acceptors (Lipinski definition) is 4. The van der Waals surface area contributed by atoms with E-state index in [9.17, 15) is 9.59 Å². The average molecular weight is 607 g/mol. The lowest BCUT2D eigenvalue weighted by atomic mass is 9.96. The van der Waals surface area contributed by atoms with Crippen LogP contribution in [0.4, 0.5) is 4.79 Å². The standard InChI is InChI=1S/C37H74N4O2/c1-9-17-21-32(13-5)25-38(26-33(14-6)22-18-10-2)30-40-29-36(42)41(37(40)43)31-39(27-34(15-7)23-19-11-3)28-35(16-8)24-20-12-4/h32-35H,9-31H2,1-8H3. The van der Waals surface area contributed by atoms with E-state index in [-0.39, 0.29) is 18.5 Å². The Kier molecular flexibility index (Phi) is 22.4. The molecule has 0 bridgehead atoms. The predicted molar refractivity (Wildman–Crippen MR) is 185 cm³/mol. The van der Waals surface area contributed by atoms with Crippen LogP contribution < -0.4 is 0 Å². The highest BCUT2D eigenvalue weighted by molar-refractivity contribution is 6.01. The second-order valence-electron chi connectivity index (χ2n) is 13.8. The summed E-state index contributed by atoms with van der Waals surface area (Å²) in [6.45, 7) is 23.5. The van der Waals surface area contributed by atoms with Crippen molar-refractivity contribution in [2.75, 3.05) is 46.1 Å². The van der Waals surface area contributed by atoms with E-state index in [2.05, 4.69) is 65.2 Å². The summed E-state index contributed by atoms with van der Waals surface area (Å²) in [5, 5.41) is 0. The van der Waals surface area contributed by atoms with Crippen LogP contribution in [-0.2, 0) is 4.79 Å². The molecule has 1 fully saturated rings. The maximum Gasteiger partial charge on any atom is 0.329 e. The van der Waals surface area contributed by atoms with Gasteiger partial charge in [0.25, 0.3) is 5.91 Å². The van der Waals surface area contributed by atoms with Gasteiger partial charge in [-0.2, -0.15) is 0 Å². The van der Waals surface area contributed by atoms with Crippen molar-refractivity contribution in [2.45, 2.75) is 158 Å². The van der Waals surface area contributed by atoms with Gasteiger partial charge in [-0.3, -0.25) is 14.6 Å². The molecule has 43 heavy (non-hydrogen) atoms. The van der Waals surface area contributed by atoms with Crippen molar-refractivity contribution in [3.63, 3.8) is 0 Å². The predicted octanol–water partition coefficient (Wildman–Crippen LogP) is 9.64. The fraction of sp³-hybridized carbons (Fsp3) is 0.946. The van der Waals surface area contributed by atoms with Crippen molar-refractivity contribution in [1.82, 2.24) is 19.6 Å². The smallest absolute Gasteiger partial charge is 0.302 e. The van der Waals surface area contributed by atoms with E-state index in [4.69, 9.17) is 0 Å². The Morgan fingerprint density at radius 2 is 0.860 bits per heavy atom. The van der Waals surface area contributed by atoms with E-state index >= 15 is 0 Å². The number of urea groups is 1. The molecule has 0 aliphatic carbocycles. The molecule has 1 aliphatic rings. The molecule has 1 heterocycles. The third kappa shape index (κ3) is 15.6. The summed E-state index contributed by atoms with van der Waals surface area (Å²) in [5.74, 6) is 2.50. The van der Waals surface area contributed by atoms with Gasteiger partial charge in [0.15, 0.2) is 0 Å². The summed E-state index contributed by atoms with van der Waals surface area (Å²) < 4.78 is 0. The number of rotatable bonds is 28. The summed E-state index contributed by atoms with van der Waals surface area (Å²) >= 11 is 0. The minimum absolute atomic E-state index is 0.0192. The van der Waals surface area contributed by atoms with Crippen molar-refractivity contribution in [2.24, 2.45) is 23.7 Å². The van der Waals surface area contributed by atoms with Gasteiger partial charge in [-0.05, 0) is 49.4 Å². The first kappa shape index (κ1) is 39.9. The lowest BCUT2D eigenvalue weighted by Crippen LogP contribution is -2.47. The highest BCUT2D eigenvalue weighted by Gasteiger charge is 2.38. The Bertz CT molecular complexity index is 681. The maximum absolute atomic E-state index is 13.9. The third-order valence-electron chi connectivity index (χ3n) is 10.1. The molecule has 0 saturated carbocycles. The molecule has 0 aromatic carbocycles. The monoisotopic (exact) mass is 607 g/mol. The highest BCUT2D eigenvalue weighted by atomic mass is 16.2. The van der Waals surface area contributed by atoms with Crippen molar-refractivity contribution in [3.8, 4) is 0 Å². The Morgan fingerprint density at radius 1 is 0.535 bits per heavy atom. The van der Waals surface area contributed by atoms with Gasteiger partial charge in [-0.15, -0.1) is 0 Å². The van der Waals surface area contributed by atoms with E-state index in [0.717, 1.165) is 39.0 Å². The number of hydrogen-bond donors (Lipinski definition) is 0. The zero-order chi connectivity index (χ0) is 32.0. The second-order valence-corrected chi connectivity index (χ2v) is 13.8. The number of unbranched alkanes of at least 4 members (excludes halogenated alkanes) is 4. The molecule has 3 amide bonds. The van der Waals surface area contributed by atoms with E-state index in [1.54, 1.807) is 4.90 Å². The Hall–Kier alpha value is -1.14. The van der Waals surface area contributed by atoms with Crippen LogP contribution >= 0.6 is 0 Å². The Morgan fingerprint density at radius 3 is 1.16 bits per heavy atom. The molecule has 0 spiro atoms. The SMILES string of the molecule is CCCCC(CC)CN(CC(CC)CCCC)CN1CC(=O)N(CN(CC(CC)CCCC)CC(CC)CCCC)C1=O. The molecular formula is C37H74N4O2. The number of nitrogens with zero attached hydrogens (tertiary/aromatic N) is 4. The zero-order valence-electron chi connectivity index (χ0n) is 30.2. The third-order valence-corrected chi connectivity index (χ3v) is 10.1. The molecular weight excluding hydrogens is 532 g/mol. The minimum Gasteiger partial charge on any atom is -0.302 e. The molecule has 1 aliphatic heterocycles. The first-order valence-electron chi connectivity index (χ1n) is 18.8. The van der Waals surface area contributed by atoms with E-state index in [1.165, 1.54) is 89.9 Å². The van der Waals surface area contributed by atoms with E-state index in [0.29, 0.717) is 37.0 Å². The minimum atomic E-state index is -0.0774. The van der Waals surface area contributed by atoms with Gasteiger partial charge in [0.1, 0.15) is 6.54 Å². The number of imide groups is 1. The Labute approximate surface area is 268 Å². The van der Waals surface area contributed by atoms with Crippen molar-refractivity contribution >= 4 is 11.9 Å². The summed E-state index contributed by atoms with van der Waals surface area (Å²) in [7, 11) is 0. The molecule has 6 heteroatoms. The zero-order valence-corrected chi connectivity index (χ0v) is 30.2. The molecule has 1 rings (SSSR count). The van der Waals surface area contributed by atoms with Gasteiger partial charge >= 0.3 is 6.03 Å². The maximum atomic E-state index is 13.9. The average Bonchev–Trinajstić information content (AvgIpc) is 3.27. The lowest BCUT2D eigenvalue weighted by molar-refractivity contribution is -0.127. The van der Waals surface area contributed by atoms with Gasteiger partial charge in [-0.25, -0.2) is 9.69 Å². The molecule has 0 aromatic heterocycles. The summed E-state index contributed by atoms with van der Waals surface area (Å²) in [6.07, 6.45) is 19.5. The second kappa shape index (κ2) is 24.1. The Balaban J connectivity index is 3.08. The van der Waals surface area contributed by atoms with E-state index < -0.39 is 0 Å². The van der Waals surface area contributed by atoms with Gasteiger partial charge in [-0.1, -0.05) is 132 Å². The molecule has 0 N–H and O–H groups in total. The summed E-state index contributed by atoms with van der Waals surface area (Å²) in [6, 6.07) is -0.0774. The van der Waals surface area contributed by atoms with Crippen LogP contribution in [0, 0.1) is 23.7 Å². The van der Waals surface area contributed by atoms with Crippen LogP contribution in [0.1, 0.15) is 158 Å². The normalized spacial score (nSPS) is 17.0. The number of amides is 3. The molecule has 1 saturated heterocycles. The first-order valence-corrected chi connectivity index (χ1v) is 18.8. The molecule has 6 nitrogen and oxygen atoms in total. The van der Waals surface area contributed by atoms with Gasteiger partial charge in [0.05, 0.1) is 13.3 Å². The number of carbonyl (C=O) groups is 2. The summed E-state index contributed by atoms with van der Waals surface area (Å²) in [4.78, 5) is 35.7. The molecule has 4 unspecified atom stereocenters. The van der Waals surface area contributed by atoms with Gasteiger partial charge < -0.3 is 4.90 Å². The fourth-order valence-corrected chi connectivity index (χ4v) is 6.79. The van der Waals surface area contributed by atoms with Crippen LogP contribution in [0.25, 0.3) is 0 Å². The largest absolute Gasteiger partial charge is 0.329 e. The first-order chi connectivity index (χ1) is 20.8. The topological polar surface area (TPSA) is 47.1 Å². The molecule has 0 radical (unpaired) electrons. The molecule has 4 atom stereocenters. The summed E-state index contributed by atoms with van der Waals surface area (Å²) in [5.41, 5.74) is 0. The van der Waals surface area contributed by atoms with Crippen LogP contribution in [-0.4, -0.2) is 77.6 Å². The van der Waals surface area contributed by atoms with Crippen LogP contribution in [0.3, 0.4) is 0 Å². The van der Waals surface area contributed by atoms with E-state index in [1.807, 2.05) is 4.90 Å². The van der Waals surface area contributed by atoms with Crippen LogP contribution in [0.5, 0.6) is 0 Å². The van der Waals surface area contributed by atoms with Crippen molar-refractivity contribution < 1.29 is 9.59 Å². The van der Waals surface area contributed by atoms with Crippen LogP contribution in [0.2, 0.25) is 0 Å². The van der Waals surface area contributed by atoms with Gasteiger partial charge in [0.2, 0.25) is 0 Å². The quantitative estimate of drug-likeness (QED) is 0.0832. The van der Waals surface area contributed by atoms with Crippen LogP contribution in [0.15, 0.2) is 0 Å². The van der Waals surface area contributed by atoms with Gasteiger partial charge in [0, 0.05) is 26.2 Å². The highest BCUT2D eigenvalue weighted by Crippen LogP contribution is 2.23. The fourth-order valence-electron chi connectivity index (χ4n) is 6.79. The number of carbonyl (C=O) groups excluding carboxylic acids is 2. The van der Waals surface area contributed by atoms with Crippen molar-refractivity contribution in [3.05, 3.63) is 0 Å². The molecule has 0 aromatic rings. The lowest BCUT2D eigenvalue weighted by Gasteiger charge is -2.34. The molecule has 254 valence electrons.